The average Bonchev–Trinajstić information content (AvgIpc) is 3.05. The third-order valence-corrected chi connectivity index (χ3v) is 4.59. The maximum Gasteiger partial charge on any atom is 0.244 e. The van der Waals surface area contributed by atoms with E-state index in [1.807, 2.05) is 54.8 Å². The van der Waals surface area contributed by atoms with Crippen LogP contribution in [0.25, 0.3) is 11.0 Å². The van der Waals surface area contributed by atoms with Crippen molar-refractivity contribution in [3.63, 3.8) is 0 Å². The lowest BCUT2D eigenvalue weighted by atomic mass is 10.2. The minimum atomic E-state index is -0.176. The van der Waals surface area contributed by atoms with E-state index in [-0.39, 0.29) is 24.3 Å². The van der Waals surface area contributed by atoms with Crippen LogP contribution >= 0.6 is 0 Å². The lowest BCUT2D eigenvalue weighted by Gasteiger charge is -2.13. The predicted molar refractivity (Wildman–Crippen MR) is 113 cm³/mol. The molecule has 7 heteroatoms. The smallest absolute Gasteiger partial charge is 0.244 e. The van der Waals surface area contributed by atoms with Crippen molar-refractivity contribution in [2.24, 2.45) is 5.92 Å². The first kappa shape index (κ1) is 20.4. The predicted octanol–water partition coefficient (Wildman–Crippen LogP) is 3.00. The van der Waals surface area contributed by atoms with Crippen molar-refractivity contribution in [3.05, 3.63) is 54.4 Å². The third kappa shape index (κ3) is 4.93. The molecule has 2 aromatic carbocycles. The fourth-order valence-electron chi connectivity index (χ4n) is 3.08. The van der Waals surface area contributed by atoms with E-state index < -0.39 is 0 Å². The van der Waals surface area contributed by atoms with Gasteiger partial charge in [-0.3, -0.25) is 9.59 Å². The number of ether oxygens (including phenoxy) is 1. The zero-order valence-corrected chi connectivity index (χ0v) is 16.9. The highest BCUT2D eigenvalue weighted by molar-refractivity contribution is 5.93. The Kier molecular flexibility index (Phi) is 6.49. The number of anilines is 1. The van der Waals surface area contributed by atoms with Crippen molar-refractivity contribution in [1.29, 1.82) is 0 Å². The summed E-state index contributed by atoms with van der Waals surface area (Å²) in [6.45, 7) is 4.29. The normalized spacial score (nSPS) is 10.9. The molecule has 0 unspecified atom stereocenters. The zero-order valence-electron chi connectivity index (χ0n) is 16.9. The van der Waals surface area contributed by atoms with Gasteiger partial charge in [0.25, 0.3) is 0 Å². The molecule has 7 nitrogen and oxygen atoms in total. The van der Waals surface area contributed by atoms with Gasteiger partial charge in [0.15, 0.2) is 0 Å². The number of amides is 2. The second-order valence-corrected chi connectivity index (χ2v) is 7.05. The molecule has 29 heavy (non-hydrogen) atoms. The Hall–Kier alpha value is -3.35. The number of fused-ring (bicyclic) bond motifs is 1. The van der Waals surface area contributed by atoms with E-state index in [4.69, 9.17) is 4.74 Å². The molecule has 0 radical (unpaired) electrons. The molecular weight excluding hydrogens is 368 g/mol. The average molecular weight is 394 g/mol. The van der Waals surface area contributed by atoms with Gasteiger partial charge in [0.05, 0.1) is 23.8 Å². The number of aromatic nitrogens is 2. The number of nitrogens with zero attached hydrogens (tertiary/aromatic N) is 2. The first-order valence-corrected chi connectivity index (χ1v) is 9.64. The molecule has 0 bridgehead atoms. The van der Waals surface area contributed by atoms with Crippen molar-refractivity contribution >= 4 is 28.5 Å². The van der Waals surface area contributed by atoms with Crippen LogP contribution in [0.15, 0.2) is 48.5 Å². The number of rotatable bonds is 8. The van der Waals surface area contributed by atoms with Crippen LogP contribution in [0.4, 0.5) is 5.69 Å². The Bertz CT molecular complexity index is 1010. The van der Waals surface area contributed by atoms with Crippen LogP contribution in [-0.4, -0.2) is 35.0 Å². The Morgan fingerprint density at radius 1 is 1.10 bits per heavy atom. The third-order valence-electron chi connectivity index (χ3n) is 4.59. The number of carbonyl (C=O) groups excluding carboxylic acids is 2. The molecular formula is C22H26N4O3. The second-order valence-electron chi connectivity index (χ2n) is 7.05. The zero-order chi connectivity index (χ0) is 20.8. The first-order chi connectivity index (χ1) is 14.0. The molecule has 2 N–H and O–H groups in total. The molecule has 0 saturated carbocycles. The molecule has 0 spiro atoms. The summed E-state index contributed by atoms with van der Waals surface area (Å²) >= 11 is 0. The summed E-state index contributed by atoms with van der Waals surface area (Å²) in [4.78, 5) is 29.2. The molecule has 0 aliphatic rings. The highest BCUT2D eigenvalue weighted by Gasteiger charge is 2.15. The number of carbonyl (C=O) groups is 2. The monoisotopic (exact) mass is 394 g/mol. The van der Waals surface area contributed by atoms with Gasteiger partial charge in [0.1, 0.15) is 18.1 Å². The summed E-state index contributed by atoms with van der Waals surface area (Å²) in [6, 6.07) is 15.0. The van der Waals surface area contributed by atoms with Crippen LogP contribution in [-0.2, 0) is 22.6 Å². The molecule has 0 fully saturated rings. The molecule has 3 rings (SSSR count). The van der Waals surface area contributed by atoms with E-state index in [0.717, 1.165) is 16.9 Å². The molecule has 1 aromatic heterocycles. The summed E-state index contributed by atoms with van der Waals surface area (Å²) in [5.74, 6) is 1.12. The molecule has 0 aliphatic heterocycles. The molecule has 0 atom stereocenters. The fraction of sp³-hybridized carbons (Fsp3) is 0.318. The van der Waals surface area contributed by atoms with Crippen LogP contribution in [0.1, 0.15) is 19.7 Å². The SMILES string of the molecule is COc1ccccc1NC(=O)Cn1c(CCNC(=O)C(C)C)nc2ccccc21. The van der Waals surface area contributed by atoms with Gasteiger partial charge in [0.2, 0.25) is 11.8 Å². The van der Waals surface area contributed by atoms with Gasteiger partial charge in [-0.25, -0.2) is 4.98 Å². The minimum Gasteiger partial charge on any atom is -0.495 e. The number of methoxy groups -OCH3 is 1. The van der Waals surface area contributed by atoms with Crippen molar-refractivity contribution < 1.29 is 14.3 Å². The fourth-order valence-corrected chi connectivity index (χ4v) is 3.08. The number of benzene rings is 2. The van der Waals surface area contributed by atoms with Gasteiger partial charge in [0, 0.05) is 18.9 Å². The Labute approximate surface area is 170 Å². The van der Waals surface area contributed by atoms with Gasteiger partial charge in [-0.05, 0) is 24.3 Å². The molecule has 0 saturated heterocycles. The van der Waals surface area contributed by atoms with Crippen molar-refractivity contribution in [1.82, 2.24) is 14.9 Å². The molecule has 3 aromatic rings. The topological polar surface area (TPSA) is 85.2 Å². The molecule has 0 aliphatic carbocycles. The number of imidazole rings is 1. The number of para-hydroxylation sites is 4. The first-order valence-electron chi connectivity index (χ1n) is 9.64. The standard InChI is InChI=1S/C22H26N4O3/c1-15(2)22(28)23-13-12-20-24-16-8-4-6-10-18(16)26(20)14-21(27)25-17-9-5-7-11-19(17)29-3/h4-11,15H,12-14H2,1-3H3,(H,23,28)(H,25,27). The minimum absolute atomic E-state index is 0.00146. The number of hydrogen-bond acceptors (Lipinski definition) is 4. The number of hydrogen-bond donors (Lipinski definition) is 2. The lowest BCUT2D eigenvalue weighted by Crippen LogP contribution is -2.30. The molecule has 152 valence electrons. The summed E-state index contributed by atoms with van der Waals surface area (Å²) < 4.78 is 7.19. The van der Waals surface area contributed by atoms with Crippen LogP contribution in [0.2, 0.25) is 0 Å². The van der Waals surface area contributed by atoms with E-state index in [2.05, 4.69) is 15.6 Å². The number of nitrogens with one attached hydrogen (secondary N) is 2. The summed E-state index contributed by atoms with van der Waals surface area (Å²) in [7, 11) is 1.57. The van der Waals surface area contributed by atoms with E-state index in [9.17, 15) is 9.59 Å². The van der Waals surface area contributed by atoms with Crippen LogP contribution in [0.5, 0.6) is 5.75 Å². The van der Waals surface area contributed by atoms with E-state index >= 15 is 0 Å². The second kappa shape index (κ2) is 9.23. The van der Waals surface area contributed by atoms with E-state index in [1.54, 1.807) is 19.2 Å². The highest BCUT2D eigenvalue weighted by Crippen LogP contribution is 2.23. The largest absolute Gasteiger partial charge is 0.495 e. The van der Waals surface area contributed by atoms with E-state index in [1.165, 1.54) is 0 Å². The van der Waals surface area contributed by atoms with Gasteiger partial charge >= 0.3 is 0 Å². The van der Waals surface area contributed by atoms with Crippen molar-refractivity contribution in [2.75, 3.05) is 19.0 Å². The van der Waals surface area contributed by atoms with Gasteiger partial charge in [-0.2, -0.15) is 0 Å². The van der Waals surface area contributed by atoms with Crippen molar-refractivity contribution in [2.45, 2.75) is 26.8 Å². The Morgan fingerprint density at radius 3 is 2.59 bits per heavy atom. The van der Waals surface area contributed by atoms with E-state index in [0.29, 0.717) is 24.4 Å². The van der Waals surface area contributed by atoms with Crippen LogP contribution in [0.3, 0.4) is 0 Å². The van der Waals surface area contributed by atoms with Crippen LogP contribution in [0, 0.1) is 5.92 Å². The highest BCUT2D eigenvalue weighted by atomic mass is 16.5. The maximum absolute atomic E-state index is 12.7. The summed E-state index contributed by atoms with van der Waals surface area (Å²) in [5.41, 5.74) is 2.32. The quantitative estimate of drug-likeness (QED) is 0.615. The van der Waals surface area contributed by atoms with Crippen LogP contribution < -0.4 is 15.4 Å². The molecule has 1 heterocycles. The van der Waals surface area contributed by atoms with Gasteiger partial charge in [-0.1, -0.05) is 38.1 Å². The summed E-state index contributed by atoms with van der Waals surface area (Å²) in [6.07, 6.45) is 0.537. The van der Waals surface area contributed by atoms with Crippen molar-refractivity contribution in [3.8, 4) is 5.75 Å². The summed E-state index contributed by atoms with van der Waals surface area (Å²) in [5, 5.41) is 5.80. The van der Waals surface area contributed by atoms with Gasteiger partial charge in [-0.15, -0.1) is 0 Å². The maximum atomic E-state index is 12.7. The Morgan fingerprint density at radius 2 is 1.83 bits per heavy atom. The molecule has 2 amide bonds. The lowest BCUT2D eigenvalue weighted by molar-refractivity contribution is -0.124. The van der Waals surface area contributed by atoms with Gasteiger partial charge < -0.3 is 19.9 Å². The Balaban J connectivity index is 1.78.